The summed E-state index contributed by atoms with van der Waals surface area (Å²) in [5, 5.41) is 7.60. The number of primary amides is 1. The number of carbonyl (C=O) groups is 2. The number of amides is 2. The van der Waals surface area contributed by atoms with Crippen molar-refractivity contribution in [2.45, 2.75) is 39.0 Å². The summed E-state index contributed by atoms with van der Waals surface area (Å²) < 4.78 is 43.3. The normalized spacial score (nSPS) is 12.5. The first-order chi connectivity index (χ1) is 15.0. The minimum atomic E-state index is -4.44. The second kappa shape index (κ2) is 9.20. The lowest BCUT2D eigenvalue weighted by Gasteiger charge is -2.11. The monoisotopic (exact) mass is 450 g/mol. The van der Waals surface area contributed by atoms with E-state index in [1.165, 1.54) is 19.3 Å². The van der Waals surface area contributed by atoms with Crippen LogP contribution in [0.4, 0.5) is 13.2 Å². The Labute approximate surface area is 180 Å². The summed E-state index contributed by atoms with van der Waals surface area (Å²) in [6.07, 6.45) is 0.155. The van der Waals surface area contributed by atoms with Crippen LogP contribution in [0.5, 0.6) is 5.88 Å². The fourth-order valence-corrected chi connectivity index (χ4v) is 2.98. The average molecular weight is 450 g/mol. The number of carbonyl (C=O) groups excluding carboxylic acids is 2. The molecule has 3 rings (SSSR count). The number of aryl methyl sites for hydroxylation is 1. The third kappa shape index (κ3) is 5.93. The first-order valence-electron chi connectivity index (χ1n) is 9.56. The molecule has 170 valence electrons. The number of fused-ring (bicyclic) bond motifs is 1. The van der Waals surface area contributed by atoms with Gasteiger partial charge in [0.15, 0.2) is 6.61 Å². The third-order valence-electron chi connectivity index (χ3n) is 4.50. The number of aromatic nitrogens is 4. The maximum Gasteiger partial charge on any atom is 0.422 e. The van der Waals surface area contributed by atoms with E-state index in [4.69, 9.17) is 10.5 Å². The molecule has 32 heavy (non-hydrogen) atoms. The van der Waals surface area contributed by atoms with Gasteiger partial charge in [0.25, 0.3) is 0 Å². The molecular weight excluding hydrogens is 429 g/mol. The first-order valence-corrected chi connectivity index (χ1v) is 9.56. The molecule has 0 spiro atoms. The van der Waals surface area contributed by atoms with Crippen molar-refractivity contribution in [2.75, 3.05) is 6.61 Å². The SMILES string of the molecule is Cc1cc(Cn2cc3c(CC(=O)N[C@@H](C)C(N)=O)nccc3n2)cnc1OCC(F)(F)F. The standard InChI is InChI=1S/C20H21F3N6O3/c1-11-5-13(7-26-19(11)32-10-20(21,22)23)8-29-9-14-15(28-29)3-4-25-16(14)6-17(30)27-12(2)18(24)31/h3-5,7,9,12H,6,8,10H2,1-2H3,(H2,24,31)(H,27,30)/t12-/m0/s1. The van der Waals surface area contributed by atoms with Gasteiger partial charge < -0.3 is 15.8 Å². The maximum atomic E-state index is 12.3. The van der Waals surface area contributed by atoms with Crippen LogP contribution in [0.1, 0.15) is 23.7 Å². The largest absolute Gasteiger partial charge is 0.468 e. The van der Waals surface area contributed by atoms with Crippen LogP contribution in [0.2, 0.25) is 0 Å². The van der Waals surface area contributed by atoms with Gasteiger partial charge in [0.2, 0.25) is 17.7 Å². The molecule has 3 aromatic rings. The van der Waals surface area contributed by atoms with Crippen LogP contribution in [0, 0.1) is 6.92 Å². The number of nitrogens with one attached hydrogen (secondary N) is 1. The second-order valence-corrected chi connectivity index (χ2v) is 7.25. The van der Waals surface area contributed by atoms with Crippen LogP contribution < -0.4 is 15.8 Å². The Balaban J connectivity index is 1.74. The number of hydrogen-bond acceptors (Lipinski definition) is 6. The Bertz CT molecular complexity index is 1150. The quantitative estimate of drug-likeness (QED) is 0.538. The zero-order valence-electron chi connectivity index (χ0n) is 17.3. The number of hydrogen-bond donors (Lipinski definition) is 2. The zero-order valence-corrected chi connectivity index (χ0v) is 17.3. The molecule has 3 aromatic heterocycles. The molecule has 9 nitrogen and oxygen atoms in total. The zero-order chi connectivity index (χ0) is 23.5. The van der Waals surface area contributed by atoms with E-state index in [1.807, 2.05) is 0 Å². The van der Waals surface area contributed by atoms with E-state index >= 15 is 0 Å². The molecule has 0 aliphatic heterocycles. The van der Waals surface area contributed by atoms with Crippen LogP contribution in [-0.4, -0.2) is 50.4 Å². The van der Waals surface area contributed by atoms with Gasteiger partial charge in [0, 0.05) is 29.5 Å². The molecule has 1 atom stereocenters. The van der Waals surface area contributed by atoms with Crippen molar-refractivity contribution in [2.24, 2.45) is 5.73 Å². The number of nitrogens with zero attached hydrogens (tertiary/aromatic N) is 4. The lowest BCUT2D eigenvalue weighted by molar-refractivity contribution is -0.154. The van der Waals surface area contributed by atoms with Crippen molar-refractivity contribution in [1.29, 1.82) is 0 Å². The fourth-order valence-electron chi connectivity index (χ4n) is 2.98. The smallest absolute Gasteiger partial charge is 0.422 e. The molecular formula is C20H21F3N6O3. The molecule has 3 N–H and O–H groups in total. The molecule has 0 saturated carbocycles. The van der Waals surface area contributed by atoms with Gasteiger partial charge in [-0.1, -0.05) is 0 Å². The van der Waals surface area contributed by atoms with Crippen molar-refractivity contribution in [3.63, 3.8) is 0 Å². The molecule has 2 amide bonds. The highest BCUT2D eigenvalue weighted by Gasteiger charge is 2.29. The lowest BCUT2D eigenvalue weighted by Crippen LogP contribution is -2.42. The van der Waals surface area contributed by atoms with Gasteiger partial charge in [0.05, 0.1) is 24.2 Å². The van der Waals surface area contributed by atoms with Gasteiger partial charge in [-0.15, -0.1) is 0 Å². The Morgan fingerprint density at radius 3 is 2.72 bits per heavy atom. The van der Waals surface area contributed by atoms with Crippen molar-refractivity contribution < 1.29 is 27.5 Å². The van der Waals surface area contributed by atoms with E-state index in [2.05, 4.69) is 20.4 Å². The van der Waals surface area contributed by atoms with Crippen molar-refractivity contribution >= 4 is 22.7 Å². The number of rotatable bonds is 8. The number of pyridine rings is 2. The van der Waals surface area contributed by atoms with E-state index in [1.54, 1.807) is 29.9 Å². The average Bonchev–Trinajstić information content (AvgIpc) is 3.10. The minimum Gasteiger partial charge on any atom is -0.468 e. The van der Waals surface area contributed by atoms with E-state index < -0.39 is 30.6 Å². The molecule has 0 radical (unpaired) electrons. The number of alkyl halides is 3. The third-order valence-corrected chi connectivity index (χ3v) is 4.50. The summed E-state index contributed by atoms with van der Waals surface area (Å²) in [5.41, 5.74) is 7.42. The highest BCUT2D eigenvalue weighted by molar-refractivity contribution is 5.90. The van der Waals surface area contributed by atoms with Gasteiger partial charge in [-0.2, -0.15) is 18.3 Å². The number of halogens is 3. The predicted molar refractivity (Wildman–Crippen MR) is 108 cm³/mol. The van der Waals surface area contributed by atoms with E-state index in [9.17, 15) is 22.8 Å². The molecule has 0 aliphatic rings. The van der Waals surface area contributed by atoms with Gasteiger partial charge >= 0.3 is 6.18 Å². The van der Waals surface area contributed by atoms with E-state index in [0.29, 0.717) is 34.3 Å². The van der Waals surface area contributed by atoms with Gasteiger partial charge in [-0.25, -0.2) is 4.98 Å². The Kier molecular flexibility index (Phi) is 6.61. The molecule has 0 unspecified atom stereocenters. The molecule has 0 aromatic carbocycles. The lowest BCUT2D eigenvalue weighted by atomic mass is 10.2. The molecule has 12 heteroatoms. The Morgan fingerprint density at radius 2 is 2.06 bits per heavy atom. The second-order valence-electron chi connectivity index (χ2n) is 7.25. The Hall–Kier alpha value is -3.70. The van der Waals surface area contributed by atoms with Crippen molar-refractivity contribution in [3.05, 3.63) is 47.5 Å². The molecule has 0 saturated heterocycles. The summed E-state index contributed by atoms with van der Waals surface area (Å²) in [7, 11) is 0. The van der Waals surface area contributed by atoms with E-state index in [-0.39, 0.29) is 12.3 Å². The summed E-state index contributed by atoms with van der Waals surface area (Å²) in [6, 6.07) is 2.56. The van der Waals surface area contributed by atoms with Crippen molar-refractivity contribution in [3.8, 4) is 5.88 Å². The summed E-state index contributed by atoms with van der Waals surface area (Å²) in [6.45, 7) is 1.98. The summed E-state index contributed by atoms with van der Waals surface area (Å²) in [4.78, 5) is 31.5. The fraction of sp³-hybridized carbons (Fsp3) is 0.350. The maximum absolute atomic E-state index is 12.3. The molecule has 0 bridgehead atoms. The minimum absolute atomic E-state index is 0.0629. The van der Waals surface area contributed by atoms with Gasteiger partial charge in [-0.05, 0) is 31.5 Å². The summed E-state index contributed by atoms with van der Waals surface area (Å²) in [5.74, 6) is -1.13. The van der Waals surface area contributed by atoms with Crippen LogP contribution >= 0.6 is 0 Å². The van der Waals surface area contributed by atoms with Gasteiger partial charge in [0.1, 0.15) is 6.04 Å². The van der Waals surface area contributed by atoms with Crippen molar-refractivity contribution in [1.82, 2.24) is 25.1 Å². The van der Waals surface area contributed by atoms with Crippen LogP contribution in [0.15, 0.2) is 30.7 Å². The van der Waals surface area contributed by atoms with Crippen LogP contribution in [-0.2, 0) is 22.6 Å². The van der Waals surface area contributed by atoms with Crippen LogP contribution in [0.25, 0.3) is 10.9 Å². The number of nitrogens with two attached hydrogens (primary N) is 1. The molecule has 0 fully saturated rings. The van der Waals surface area contributed by atoms with Crippen LogP contribution in [0.3, 0.4) is 0 Å². The molecule has 3 heterocycles. The summed E-state index contributed by atoms with van der Waals surface area (Å²) >= 11 is 0. The first kappa shape index (κ1) is 23.0. The Morgan fingerprint density at radius 1 is 1.31 bits per heavy atom. The van der Waals surface area contributed by atoms with E-state index in [0.717, 1.165) is 0 Å². The predicted octanol–water partition coefficient (Wildman–Crippen LogP) is 1.66. The number of ether oxygens (including phenoxy) is 1. The highest BCUT2D eigenvalue weighted by atomic mass is 19.4. The van der Waals surface area contributed by atoms with Gasteiger partial charge in [-0.3, -0.25) is 19.3 Å². The topological polar surface area (TPSA) is 125 Å². The molecule has 0 aliphatic carbocycles. The highest BCUT2D eigenvalue weighted by Crippen LogP contribution is 2.21.